The van der Waals surface area contributed by atoms with Crippen molar-refractivity contribution >= 4 is 23.6 Å². The van der Waals surface area contributed by atoms with E-state index in [1.807, 2.05) is 41.3 Å². The predicted molar refractivity (Wildman–Crippen MR) is 117 cm³/mol. The molecule has 0 radical (unpaired) electrons. The van der Waals surface area contributed by atoms with Crippen LogP contribution in [0.4, 0.5) is 0 Å². The van der Waals surface area contributed by atoms with Gasteiger partial charge in [0.15, 0.2) is 0 Å². The summed E-state index contributed by atoms with van der Waals surface area (Å²) >= 11 is 6.14. The van der Waals surface area contributed by atoms with Gasteiger partial charge in [-0.25, -0.2) is 0 Å². The third-order valence-electron chi connectivity index (χ3n) is 5.19. The number of nitrogens with zero attached hydrogens (tertiary/aromatic N) is 2. The molecule has 0 aliphatic carbocycles. The number of hydrogen-bond donors (Lipinski definition) is 1. The molecule has 0 saturated heterocycles. The molecule has 6 nitrogen and oxygen atoms in total. The van der Waals surface area contributed by atoms with E-state index in [1.54, 1.807) is 32.4 Å². The molecule has 2 heterocycles. The van der Waals surface area contributed by atoms with E-state index in [0.29, 0.717) is 29.6 Å². The molecule has 1 N–H and O–H groups in total. The van der Waals surface area contributed by atoms with Crippen molar-refractivity contribution in [1.29, 1.82) is 0 Å². The first-order chi connectivity index (χ1) is 14.6. The second-order valence-corrected chi connectivity index (χ2v) is 7.43. The van der Waals surface area contributed by atoms with E-state index in [2.05, 4.69) is 10.2 Å². The first kappa shape index (κ1) is 20.0. The van der Waals surface area contributed by atoms with Crippen LogP contribution in [-0.4, -0.2) is 41.8 Å². The molecule has 3 aromatic rings. The van der Waals surface area contributed by atoms with Crippen molar-refractivity contribution in [1.82, 2.24) is 15.1 Å². The van der Waals surface area contributed by atoms with E-state index in [9.17, 15) is 4.79 Å². The Morgan fingerprint density at radius 2 is 2.07 bits per heavy atom. The van der Waals surface area contributed by atoms with Crippen molar-refractivity contribution in [3.8, 4) is 22.8 Å². The summed E-state index contributed by atoms with van der Waals surface area (Å²) in [6.45, 7) is 1.13. The monoisotopic (exact) mass is 423 g/mol. The number of rotatable bonds is 5. The summed E-state index contributed by atoms with van der Waals surface area (Å²) in [5, 5.41) is 8.23. The molecule has 1 aliphatic rings. The summed E-state index contributed by atoms with van der Waals surface area (Å²) in [6.07, 6.45) is 4.08. The molecular formula is C23H22ClN3O3. The number of amides is 1. The Bertz CT molecular complexity index is 1110. The van der Waals surface area contributed by atoms with Gasteiger partial charge in [-0.2, -0.15) is 5.10 Å². The number of hydrogen-bond acceptors (Lipinski definition) is 4. The second kappa shape index (κ2) is 8.63. The fourth-order valence-corrected chi connectivity index (χ4v) is 3.77. The number of carbonyl (C=O) groups is 1. The molecule has 30 heavy (non-hydrogen) atoms. The molecule has 0 saturated carbocycles. The average molecular weight is 424 g/mol. The minimum atomic E-state index is -0.0586. The molecule has 0 spiro atoms. The number of nitrogens with one attached hydrogen (secondary N) is 1. The number of fused-ring (bicyclic) bond motifs is 1. The van der Waals surface area contributed by atoms with Crippen molar-refractivity contribution in [3.63, 3.8) is 0 Å². The lowest BCUT2D eigenvalue weighted by atomic mass is 10.0. The highest BCUT2D eigenvalue weighted by atomic mass is 35.5. The number of ether oxygens (including phenoxy) is 2. The maximum atomic E-state index is 12.8. The van der Waals surface area contributed by atoms with Crippen LogP contribution in [0.15, 0.2) is 48.5 Å². The van der Waals surface area contributed by atoms with Crippen LogP contribution in [0.2, 0.25) is 5.02 Å². The van der Waals surface area contributed by atoms with E-state index < -0.39 is 0 Å². The molecular weight excluding hydrogens is 402 g/mol. The fourth-order valence-electron chi connectivity index (χ4n) is 3.58. The highest BCUT2D eigenvalue weighted by Gasteiger charge is 2.24. The minimum Gasteiger partial charge on any atom is -0.497 e. The van der Waals surface area contributed by atoms with Gasteiger partial charge in [-0.1, -0.05) is 23.7 Å². The quantitative estimate of drug-likeness (QED) is 0.619. The van der Waals surface area contributed by atoms with E-state index in [4.69, 9.17) is 21.1 Å². The summed E-state index contributed by atoms with van der Waals surface area (Å²) in [5.41, 5.74) is 4.69. The third kappa shape index (κ3) is 4.04. The van der Waals surface area contributed by atoms with Crippen LogP contribution < -0.4 is 9.47 Å². The van der Waals surface area contributed by atoms with Crippen LogP contribution >= 0.6 is 11.6 Å². The first-order valence-corrected chi connectivity index (χ1v) is 9.98. The molecule has 1 aromatic heterocycles. The highest BCUT2D eigenvalue weighted by molar-refractivity contribution is 6.30. The van der Waals surface area contributed by atoms with Gasteiger partial charge in [0, 0.05) is 59.1 Å². The Hall–Kier alpha value is -3.25. The van der Waals surface area contributed by atoms with E-state index >= 15 is 0 Å². The van der Waals surface area contributed by atoms with Crippen molar-refractivity contribution < 1.29 is 14.3 Å². The van der Waals surface area contributed by atoms with Crippen molar-refractivity contribution in [2.24, 2.45) is 0 Å². The standard InChI is InChI=1S/C23H22ClN3O3/c1-29-18-8-6-15(21(13-18)30-2)7-9-22(28)27-11-10-20-19(14-27)23(26-25-20)16-4-3-5-17(24)12-16/h3-9,12-13H,10-11,14H2,1-2H3,(H,25,26)/b9-7+. The lowest BCUT2D eigenvalue weighted by molar-refractivity contribution is -0.126. The number of aromatic nitrogens is 2. The van der Waals surface area contributed by atoms with Crippen LogP contribution in [0.3, 0.4) is 0 Å². The topological polar surface area (TPSA) is 67.5 Å². The van der Waals surface area contributed by atoms with Crippen molar-refractivity contribution in [2.75, 3.05) is 20.8 Å². The van der Waals surface area contributed by atoms with Crippen molar-refractivity contribution in [3.05, 3.63) is 70.4 Å². The largest absolute Gasteiger partial charge is 0.497 e. The highest BCUT2D eigenvalue weighted by Crippen LogP contribution is 2.30. The van der Waals surface area contributed by atoms with Crippen LogP contribution in [0, 0.1) is 0 Å². The Kier molecular flexibility index (Phi) is 5.77. The van der Waals surface area contributed by atoms with Gasteiger partial charge in [-0.15, -0.1) is 0 Å². The zero-order valence-electron chi connectivity index (χ0n) is 16.8. The van der Waals surface area contributed by atoms with Crippen LogP contribution in [-0.2, 0) is 17.8 Å². The van der Waals surface area contributed by atoms with E-state index in [-0.39, 0.29) is 5.91 Å². The van der Waals surface area contributed by atoms with Gasteiger partial charge < -0.3 is 14.4 Å². The SMILES string of the molecule is COc1ccc(/C=C/C(=O)N2CCc3[nH]nc(-c4cccc(Cl)c4)c3C2)c(OC)c1. The van der Waals surface area contributed by atoms with E-state index in [1.165, 1.54) is 0 Å². The van der Waals surface area contributed by atoms with Gasteiger partial charge in [0.1, 0.15) is 11.5 Å². The first-order valence-electron chi connectivity index (χ1n) is 9.60. The fraction of sp³-hybridized carbons (Fsp3) is 0.217. The molecule has 0 unspecified atom stereocenters. The van der Waals surface area contributed by atoms with Crippen LogP contribution in [0.1, 0.15) is 16.8 Å². The van der Waals surface area contributed by atoms with E-state index in [0.717, 1.165) is 34.5 Å². The molecule has 0 fully saturated rings. The summed E-state index contributed by atoms with van der Waals surface area (Å²) < 4.78 is 10.6. The molecule has 154 valence electrons. The number of methoxy groups -OCH3 is 2. The Morgan fingerprint density at radius 3 is 2.83 bits per heavy atom. The molecule has 2 aromatic carbocycles. The third-order valence-corrected chi connectivity index (χ3v) is 5.42. The maximum absolute atomic E-state index is 12.8. The van der Waals surface area contributed by atoms with Gasteiger partial charge >= 0.3 is 0 Å². The Labute approximate surface area is 180 Å². The summed E-state index contributed by atoms with van der Waals surface area (Å²) in [4.78, 5) is 14.7. The molecule has 1 amide bonds. The van der Waals surface area contributed by atoms with Crippen LogP contribution in [0.25, 0.3) is 17.3 Å². The molecule has 7 heteroatoms. The van der Waals surface area contributed by atoms with Crippen molar-refractivity contribution in [2.45, 2.75) is 13.0 Å². The lowest BCUT2D eigenvalue weighted by Gasteiger charge is -2.26. The normalized spacial score (nSPS) is 13.4. The summed E-state index contributed by atoms with van der Waals surface area (Å²) in [7, 11) is 3.20. The smallest absolute Gasteiger partial charge is 0.246 e. The van der Waals surface area contributed by atoms with Gasteiger partial charge in [-0.05, 0) is 30.3 Å². The molecule has 1 aliphatic heterocycles. The Balaban J connectivity index is 1.53. The average Bonchev–Trinajstić information content (AvgIpc) is 3.20. The maximum Gasteiger partial charge on any atom is 0.246 e. The number of carbonyl (C=O) groups excluding carboxylic acids is 1. The second-order valence-electron chi connectivity index (χ2n) is 6.99. The lowest BCUT2D eigenvalue weighted by Crippen LogP contribution is -2.34. The van der Waals surface area contributed by atoms with Gasteiger partial charge in [0.05, 0.1) is 19.9 Å². The summed E-state index contributed by atoms with van der Waals surface area (Å²) in [5.74, 6) is 1.29. The van der Waals surface area contributed by atoms with Gasteiger partial charge in [0.2, 0.25) is 5.91 Å². The molecule has 0 bridgehead atoms. The number of H-pyrrole nitrogens is 1. The van der Waals surface area contributed by atoms with Gasteiger partial charge in [0.25, 0.3) is 0 Å². The zero-order chi connectivity index (χ0) is 21.1. The predicted octanol–water partition coefficient (Wildman–Crippen LogP) is 4.35. The van der Waals surface area contributed by atoms with Crippen LogP contribution in [0.5, 0.6) is 11.5 Å². The minimum absolute atomic E-state index is 0.0586. The number of aromatic amines is 1. The van der Waals surface area contributed by atoms with Gasteiger partial charge in [-0.3, -0.25) is 9.89 Å². The zero-order valence-corrected chi connectivity index (χ0v) is 17.6. The summed E-state index contributed by atoms with van der Waals surface area (Å²) in [6, 6.07) is 13.1. The number of benzene rings is 2. The number of halogens is 1. The molecule has 4 rings (SSSR count). The molecule has 0 atom stereocenters. The Morgan fingerprint density at radius 1 is 1.20 bits per heavy atom.